The van der Waals surface area contributed by atoms with Gasteiger partial charge in [0.2, 0.25) is 0 Å². The quantitative estimate of drug-likeness (QED) is 0.904. The number of nitrogens with one attached hydrogen (secondary N) is 1. The maximum atomic E-state index is 3.49. The Bertz CT molecular complexity index is 579. The number of hydrogen-bond acceptors (Lipinski definition) is 2. The molecule has 0 radical (unpaired) electrons. The summed E-state index contributed by atoms with van der Waals surface area (Å²) in [6.45, 7) is 2.19. The summed E-state index contributed by atoms with van der Waals surface area (Å²) in [5.74, 6) is 0. The average Bonchev–Trinajstić information content (AvgIpc) is 2.78. The first-order chi connectivity index (χ1) is 9.29. The van der Waals surface area contributed by atoms with Gasteiger partial charge in [-0.1, -0.05) is 42.5 Å². The van der Waals surface area contributed by atoms with E-state index in [1.165, 1.54) is 21.6 Å². The Balaban J connectivity index is 1.86. The highest BCUT2D eigenvalue weighted by molar-refractivity contribution is 8.00. The number of fused-ring (bicyclic) bond motifs is 1. The predicted molar refractivity (Wildman–Crippen MR) is 82.8 cm³/mol. The van der Waals surface area contributed by atoms with Crippen molar-refractivity contribution >= 4 is 11.8 Å². The molecule has 98 valence electrons. The minimum Gasteiger partial charge on any atom is -0.312 e. The van der Waals surface area contributed by atoms with E-state index in [1.54, 1.807) is 0 Å². The van der Waals surface area contributed by atoms with E-state index in [1.807, 2.05) is 11.8 Å². The highest BCUT2D eigenvalue weighted by Crippen LogP contribution is 2.41. The van der Waals surface area contributed by atoms with Gasteiger partial charge in [-0.2, -0.15) is 0 Å². The van der Waals surface area contributed by atoms with Crippen LogP contribution in [0.3, 0.4) is 0 Å². The van der Waals surface area contributed by atoms with Crippen LogP contribution in [-0.4, -0.2) is 12.3 Å². The Morgan fingerprint density at radius 2 is 1.79 bits per heavy atom. The summed E-state index contributed by atoms with van der Waals surface area (Å²) in [7, 11) is 2.07. The molecule has 0 bridgehead atoms. The van der Waals surface area contributed by atoms with Gasteiger partial charge in [0, 0.05) is 16.2 Å². The number of benzene rings is 2. The maximum Gasteiger partial charge on any atom is 0.0447 e. The van der Waals surface area contributed by atoms with Crippen molar-refractivity contribution in [3.63, 3.8) is 0 Å². The normalized spacial score (nSPS) is 21.4. The van der Waals surface area contributed by atoms with E-state index in [2.05, 4.69) is 67.8 Å². The molecular weight excluding hydrogens is 250 g/mol. The van der Waals surface area contributed by atoms with Crippen LogP contribution in [0.25, 0.3) is 0 Å². The summed E-state index contributed by atoms with van der Waals surface area (Å²) in [6.07, 6.45) is 1.15. The van der Waals surface area contributed by atoms with Crippen LogP contribution in [0.15, 0.2) is 53.4 Å². The van der Waals surface area contributed by atoms with Crippen LogP contribution in [0, 0.1) is 6.92 Å². The van der Waals surface area contributed by atoms with Crippen molar-refractivity contribution in [1.82, 2.24) is 5.32 Å². The second kappa shape index (κ2) is 5.40. The van der Waals surface area contributed by atoms with Crippen molar-refractivity contribution in [2.24, 2.45) is 0 Å². The Labute approximate surface area is 119 Å². The number of hydrogen-bond donors (Lipinski definition) is 1. The summed E-state index contributed by atoms with van der Waals surface area (Å²) in [4.78, 5) is 1.40. The third kappa shape index (κ3) is 2.43. The van der Waals surface area contributed by atoms with Gasteiger partial charge < -0.3 is 5.32 Å². The highest BCUT2D eigenvalue weighted by Gasteiger charge is 2.31. The molecule has 0 fully saturated rings. The zero-order valence-electron chi connectivity index (χ0n) is 11.4. The van der Waals surface area contributed by atoms with E-state index in [0.717, 1.165) is 6.42 Å². The van der Waals surface area contributed by atoms with Gasteiger partial charge in [0.15, 0.2) is 0 Å². The summed E-state index contributed by atoms with van der Waals surface area (Å²) >= 11 is 2.00. The molecule has 3 rings (SSSR count). The Kier molecular flexibility index (Phi) is 3.63. The molecule has 2 unspecified atom stereocenters. The van der Waals surface area contributed by atoms with Gasteiger partial charge in [0.25, 0.3) is 0 Å². The fraction of sp³-hybridized carbons (Fsp3) is 0.294. The van der Waals surface area contributed by atoms with Gasteiger partial charge in [-0.25, -0.2) is 0 Å². The van der Waals surface area contributed by atoms with Gasteiger partial charge >= 0.3 is 0 Å². The zero-order valence-corrected chi connectivity index (χ0v) is 12.2. The monoisotopic (exact) mass is 269 g/mol. The van der Waals surface area contributed by atoms with Crippen LogP contribution in [0.1, 0.15) is 22.7 Å². The van der Waals surface area contributed by atoms with Gasteiger partial charge in [-0.05, 0) is 43.1 Å². The molecule has 0 aliphatic heterocycles. The van der Waals surface area contributed by atoms with Crippen LogP contribution >= 0.6 is 11.8 Å². The number of rotatable bonds is 3. The predicted octanol–water partition coefficient (Wildman–Crippen LogP) is 3.97. The summed E-state index contributed by atoms with van der Waals surface area (Å²) in [5.41, 5.74) is 4.34. The smallest absolute Gasteiger partial charge is 0.0447 e. The molecule has 0 amide bonds. The third-order valence-electron chi connectivity index (χ3n) is 3.87. The SMILES string of the molecule is CNC1c2ccccc2CC1Sc1ccccc1C. The van der Waals surface area contributed by atoms with Gasteiger partial charge in [0.1, 0.15) is 0 Å². The largest absolute Gasteiger partial charge is 0.312 e. The van der Waals surface area contributed by atoms with Crippen LogP contribution in [0.2, 0.25) is 0 Å². The van der Waals surface area contributed by atoms with Crippen molar-refractivity contribution in [1.29, 1.82) is 0 Å². The fourth-order valence-corrected chi connectivity index (χ4v) is 4.28. The van der Waals surface area contributed by atoms with Crippen LogP contribution in [0.5, 0.6) is 0 Å². The lowest BCUT2D eigenvalue weighted by Crippen LogP contribution is -2.23. The third-order valence-corrected chi connectivity index (χ3v) is 5.32. The van der Waals surface area contributed by atoms with E-state index in [9.17, 15) is 0 Å². The van der Waals surface area contributed by atoms with Crippen molar-refractivity contribution in [2.45, 2.75) is 29.5 Å². The van der Waals surface area contributed by atoms with Crippen LogP contribution in [-0.2, 0) is 6.42 Å². The first-order valence-electron chi connectivity index (χ1n) is 6.77. The fourth-order valence-electron chi connectivity index (χ4n) is 2.86. The van der Waals surface area contributed by atoms with Gasteiger partial charge in [0.05, 0.1) is 0 Å². The minimum atomic E-state index is 0.459. The summed E-state index contributed by atoms with van der Waals surface area (Å²) in [5, 5.41) is 4.08. The summed E-state index contributed by atoms with van der Waals surface area (Å²) < 4.78 is 0. The second-order valence-electron chi connectivity index (χ2n) is 5.09. The van der Waals surface area contributed by atoms with E-state index in [-0.39, 0.29) is 0 Å². The highest BCUT2D eigenvalue weighted by atomic mass is 32.2. The molecule has 2 heteroatoms. The molecule has 2 atom stereocenters. The molecule has 19 heavy (non-hydrogen) atoms. The lowest BCUT2D eigenvalue weighted by atomic mass is 10.1. The first-order valence-corrected chi connectivity index (χ1v) is 7.65. The molecule has 1 N–H and O–H groups in total. The van der Waals surface area contributed by atoms with Crippen LogP contribution < -0.4 is 5.32 Å². The molecule has 2 aromatic carbocycles. The maximum absolute atomic E-state index is 3.49. The minimum absolute atomic E-state index is 0.459. The van der Waals surface area contributed by atoms with E-state index in [4.69, 9.17) is 0 Å². The lowest BCUT2D eigenvalue weighted by Gasteiger charge is -2.20. The topological polar surface area (TPSA) is 12.0 Å². The molecule has 0 spiro atoms. The Hall–Kier alpha value is -1.25. The Morgan fingerprint density at radius 3 is 2.58 bits per heavy atom. The summed E-state index contributed by atoms with van der Waals surface area (Å²) in [6, 6.07) is 17.9. The van der Waals surface area contributed by atoms with Gasteiger partial charge in [-0.15, -0.1) is 11.8 Å². The average molecular weight is 269 g/mol. The molecular formula is C17H19NS. The first kappa shape index (κ1) is 12.8. The van der Waals surface area contributed by atoms with Crippen molar-refractivity contribution in [2.75, 3.05) is 7.05 Å². The number of thioether (sulfide) groups is 1. The molecule has 1 aliphatic rings. The molecule has 0 heterocycles. The van der Waals surface area contributed by atoms with Gasteiger partial charge in [-0.3, -0.25) is 0 Å². The zero-order chi connectivity index (χ0) is 13.2. The van der Waals surface area contributed by atoms with Crippen molar-refractivity contribution < 1.29 is 0 Å². The second-order valence-corrected chi connectivity index (χ2v) is 6.37. The van der Waals surface area contributed by atoms with E-state index in [0.29, 0.717) is 11.3 Å². The van der Waals surface area contributed by atoms with Crippen LogP contribution in [0.4, 0.5) is 0 Å². The molecule has 0 aromatic heterocycles. The van der Waals surface area contributed by atoms with Crippen molar-refractivity contribution in [3.05, 3.63) is 65.2 Å². The standard InChI is InChI=1S/C17H19NS/c1-12-7-3-6-10-15(12)19-16-11-13-8-4-5-9-14(13)17(16)18-2/h3-10,16-18H,11H2,1-2H3. The molecule has 1 nitrogen and oxygen atoms in total. The van der Waals surface area contributed by atoms with E-state index >= 15 is 0 Å². The van der Waals surface area contributed by atoms with Crippen molar-refractivity contribution in [3.8, 4) is 0 Å². The van der Waals surface area contributed by atoms with E-state index < -0.39 is 0 Å². The molecule has 0 saturated heterocycles. The lowest BCUT2D eigenvalue weighted by molar-refractivity contribution is 0.603. The molecule has 2 aromatic rings. The molecule has 1 aliphatic carbocycles. The number of aryl methyl sites for hydroxylation is 1. The Morgan fingerprint density at radius 1 is 1.05 bits per heavy atom. The molecule has 0 saturated carbocycles.